The van der Waals surface area contributed by atoms with Crippen LogP contribution in [0.15, 0.2) is 67.0 Å². The van der Waals surface area contributed by atoms with E-state index in [-0.39, 0.29) is 12.3 Å². The lowest BCUT2D eigenvalue weighted by Crippen LogP contribution is -2.59. The minimum Gasteiger partial charge on any atom is -0.476 e. The molecule has 1 unspecified atom stereocenters. The lowest BCUT2D eigenvalue weighted by Gasteiger charge is -2.40. The Bertz CT molecular complexity index is 1050. The van der Waals surface area contributed by atoms with E-state index in [1.165, 1.54) is 12.1 Å². The number of benzene rings is 2. The van der Waals surface area contributed by atoms with Gasteiger partial charge in [-0.25, -0.2) is 4.68 Å². The van der Waals surface area contributed by atoms with Crippen LogP contribution >= 0.6 is 0 Å². The largest absolute Gasteiger partial charge is 0.476 e. The Morgan fingerprint density at radius 3 is 2.44 bits per heavy atom. The molecule has 168 valence electrons. The van der Waals surface area contributed by atoms with Gasteiger partial charge in [-0.2, -0.15) is 18.3 Å². The van der Waals surface area contributed by atoms with E-state index >= 15 is 0 Å². The second-order valence-corrected chi connectivity index (χ2v) is 7.91. The van der Waals surface area contributed by atoms with Gasteiger partial charge in [0.25, 0.3) is 5.91 Å². The Balaban J connectivity index is 1.46. The summed E-state index contributed by atoms with van der Waals surface area (Å²) in [4.78, 5) is 14.4. The molecule has 0 aliphatic carbocycles. The number of likely N-dealkylation sites (tertiary alicyclic amines) is 1. The minimum atomic E-state index is -4.44. The lowest BCUT2D eigenvalue weighted by molar-refractivity contribution is -0.139. The first-order chi connectivity index (χ1) is 15.2. The molecule has 0 spiro atoms. The van der Waals surface area contributed by atoms with Crippen LogP contribution in [0, 0.1) is 0 Å². The first-order valence-electron chi connectivity index (χ1n) is 10.2. The molecule has 0 saturated carbocycles. The number of carbonyl (C=O) groups is 1. The molecule has 2 heterocycles. The van der Waals surface area contributed by atoms with E-state index in [1.54, 1.807) is 10.9 Å². The molecule has 6 nitrogen and oxygen atoms in total. The third-order valence-electron chi connectivity index (χ3n) is 5.59. The van der Waals surface area contributed by atoms with Gasteiger partial charge < -0.3 is 10.5 Å². The molecule has 1 aliphatic heterocycles. The summed E-state index contributed by atoms with van der Waals surface area (Å²) in [6, 6.07) is 14.1. The number of hydrogen-bond acceptors (Lipinski definition) is 4. The fourth-order valence-corrected chi connectivity index (χ4v) is 3.95. The highest BCUT2D eigenvalue weighted by atomic mass is 19.4. The molecule has 9 heteroatoms. The van der Waals surface area contributed by atoms with Crippen LogP contribution in [0.25, 0.3) is 5.69 Å². The molecule has 0 bridgehead atoms. The number of primary amides is 1. The van der Waals surface area contributed by atoms with Crippen LogP contribution in [0.4, 0.5) is 13.2 Å². The van der Waals surface area contributed by atoms with Crippen molar-refractivity contribution in [3.05, 3.63) is 78.1 Å². The molecule has 0 radical (unpaired) electrons. The summed E-state index contributed by atoms with van der Waals surface area (Å²) in [5.74, 6) is -0.446. The summed E-state index contributed by atoms with van der Waals surface area (Å²) in [6.07, 6.45) is 0.211. The van der Waals surface area contributed by atoms with E-state index in [0.717, 1.165) is 29.9 Å². The number of halogens is 3. The fraction of sp³-hybridized carbons (Fsp3) is 0.304. The number of rotatable bonds is 6. The highest BCUT2D eigenvalue weighted by Crippen LogP contribution is 2.33. The van der Waals surface area contributed by atoms with Crippen molar-refractivity contribution in [1.29, 1.82) is 0 Å². The zero-order chi connectivity index (χ0) is 22.8. The Hall–Kier alpha value is -3.33. The SMILES string of the molecule is NC(=O)C1(Oc2ccc(C(F)(F)F)cc2)CCCN(Cc2ccc(-n3cccn3)cc2)C1. The van der Waals surface area contributed by atoms with Crippen LogP contribution in [0.2, 0.25) is 0 Å². The average molecular weight is 444 g/mol. The molecule has 1 fully saturated rings. The number of amides is 1. The van der Waals surface area contributed by atoms with Crippen molar-refractivity contribution >= 4 is 5.91 Å². The Kier molecular flexibility index (Phi) is 5.92. The van der Waals surface area contributed by atoms with Gasteiger partial charge in [-0.1, -0.05) is 12.1 Å². The van der Waals surface area contributed by atoms with E-state index in [1.807, 2.05) is 36.5 Å². The van der Waals surface area contributed by atoms with E-state index < -0.39 is 23.2 Å². The lowest BCUT2D eigenvalue weighted by atomic mass is 9.91. The predicted octanol–water partition coefficient (Wildman–Crippen LogP) is 3.79. The van der Waals surface area contributed by atoms with Crippen molar-refractivity contribution < 1.29 is 22.7 Å². The molecule has 1 aliphatic rings. The van der Waals surface area contributed by atoms with Gasteiger partial charge in [-0.15, -0.1) is 0 Å². The summed E-state index contributed by atoms with van der Waals surface area (Å²) < 4.78 is 46.1. The number of nitrogens with two attached hydrogens (primary N) is 1. The number of alkyl halides is 3. The van der Waals surface area contributed by atoms with Gasteiger partial charge in [0, 0.05) is 25.5 Å². The molecule has 1 amide bonds. The predicted molar refractivity (Wildman–Crippen MR) is 112 cm³/mol. The Labute approximate surface area is 183 Å². The van der Waals surface area contributed by atoms with Crippen LogP contribution < -0.4 is 10.5 Å². The van der Waals surface area contributed by atoms with E-state index in [0.29, 0.717) is 19.4 Å². The number of hydrogen-bond donors (Lipinski definition) is 1. The van der Waals surface area contributed by atoms with Gasteiger partial charge in [0.15, 0.2) is 5.60 Å². The number of aromatic nitrogens is 2. The third-order valence-corrected chi connectivity index (χ3v) is 5.59. The summed E-state index contributed by atoms with van der Waals surface area (Å²) >= 11 is 0. The molecule has 32 heavy (non-hydrogen) atoms. The summed E-state index contributed by atoms with van der Waals surface area (Å²) in [5, 5.41) is 4.20. The van der Waals surface area contributed by atoms with Gasteiger partial charge in [0.1, 0.15) is 5.75 Å². The van der Waals surface area contributed by atoms with E-state index in [9.17, 15) is 18.0 Å². The molecule has 1 saturated heterocycles. The van der Waals surface area contributed by atoms with Gasteiger partial charge in [-0.3, -0.25) is 9.69 Å². The number of ether oxygens (including phenoxy) is 1. The zero-order valence-electron chi connectivity index (χ0n) is 17.3. The van der Waals surface area contributed by atoms with Gasteiger partial charge in [0.05, 0.1) is 11.3 Å². The molecule has 2 aromatic carbocycles. The zero-order valence-corrected chi connectivity index (χ0v) is 17.3. The van der Waals surface area contributed by atoms with Crippen molar-refractivity contribution in [3.63, 3.8) is 0 Å². The Morgan fingerprint density at radius 1 is 1.12 bits per heavy atom. The van der Waals surface area contributed by atoms with Gasteiger partial charge >= 0.3 is 6.18 Å². The van der Waals surface area contributed by atoms with Gasteiger partial charge in [0.2, 0.25) is 0 Å². The maximum Gasteiger partial charge on any atom is 0.416 e. The van der Waals surface area contributed by atoms with E-state index in [2.05, 4.69) is 10.00 Å². The van der Waals surface area contributed by atoms with Crippen LogP contribution in [0.1, 0.15) is 24.0 Å². The first kappa shape index (κ1) is 21.9. The monoisotopic (exact) mass is 444 g/mol. The van der Waals surface area contributed by atoms with Crippen molar-refractivity contribution in [2.75, 3.05) is 13.1 Å². The third kappa shape index (κ3) is 4.77. The fourth-order valence-electron chi connectivity index (χ4n) is 3.95. The number of piperidine rings is 1. The highest BCUT2D eigenvalue weighted by molar-refractivity contribution is 5.84. The normalized spacial score (nSPS) is 19.6. The minimum absolute atomic E-state index is 0.183. The second-order valence-electron chi connectivity index (χ2n) is 7.91. The molecule has 1 aromatic heterocycles. The van der Waals surface area contributed by atoms with Crippen LogP contribution in [-0.2, 0) is 17.5 Å². The van der Waals surface area contributed by atoms with Crippen molar-refractivity contribution in [3.8, 4) is 11.4 Å². The van der Waals surface area contributed by atoms with Crippen LogP contribution in [0.5, 0.6) is 5.75 Å². The summed E-state index contributed by atoms with van der Waals surface area (Å²) in [5.41, 5.74) is 5.61. The topological polar surface area (TPSA) is 73.4 Å². The maximum absolute atomic E-state index is 12.8. The Morgan fingerprint density at radius 2 is 1.84 bits per heavy atom. The van der Waals surface area contributed by atoms with Crippen LogP contribution in [0.3, 0.4) is 0 Å². The molecule has 1 atom stereocenters. The second kappa shape index (κ2) is 8.66. The summed E-state index contributed by atoms with van der Waals surface area (Å²) in [7, 11) is 0. The standard InChI is InChI=1S/C23H23F3N4O2/c24-23(25,26)18-5-9-20(10-6-18)32-22(21(27)31)11-1-13-29(16-22)15-17-3-7-19(8-4-17)30-14-2-12-28-30/h2-10,12,14H,1,11,13,15-16H2,(H2,27,31). The summed E-state index contributed by atoms with van der Waals surface area (Å²) in [6.45, 7) is 1.60. The average Bonchev–Trinajstić information content (AvgIpc) is 3.29. The molecular formula is C23H23F3N4O2. The van der Waals surface area contributed by atoms with Crippen molar-refractivity contribution in [2.24, 2.45) is 5.73 Å². The molecular weight excluding hydrogens is 421 g/mol. The molecule has 2 N–H and O–H groups in total. The first-order valence-corrected chi connectivity index (χ1v) is 10.2. The smallest absolute Gasteiger partial charge is 0.416 e. The van der Waals surface area contributed by atoms with Crippen LogP contribution in [-0.4, -0.2) is 39.3 Å². The number of nitrogens with zero attached hydrogens (tertiary/aromatic N) is 3. The van der Waals surface area contributed by atoms with Gasteiger partial charge in [-0.05, 0) is 67.4 Å². The molecule has 4 rings (SSSR count). The number of carbonyl (C=O) groups excluding carboxylic acids is 1. The van der Waals surface area contributed by atoms with Crippen molar-refractivity contribution in [2.45, 2.75) is 31.2 Å². The van der Waals surface area contributed by atoms with Crippen molar-refractivity contribution in [1.82, 2.24) is 14.7 Å². The maximum atomic E-state index is 12.8. The quantitative estimate of drug-likeness (QED) is 0.628. The van der Waals surface area contributed by atoms with E-state index in [4.69, 9.17) is 10.5 Å². The highest BCUT2D eigenvalue weighted by Gasteiger charge is 2.43. The molecule has 3 aromatic rings.